The predicted octanol–water partition coefficient (Wildman–Crippen LogP) is 2.95. The Kier molecular flexibility index (Phi) is 4.09. The molecule has 0 bridgehead atoms. The summed E-state index contributed by atoms with van der Waals surface area (Å²) in [4.78, 5) is 17.9. The van der Waals surface area contributed by atoms with Gasteiger partial charge in [-0.3, -0.25) is 4.79 Å². The van der Waals surface area contributed by atoms with Gasteiger partial charge in [0.2, 0.25) is 11.8 Å². The second-order valence-electron chi connectivity index (χ2n) is 6.41. The van der Waals surface area contributed by atoms with Crippen LogP contribution in [0, 0.1) is 18.3 Å². The first-order valence-electron chi connectivity index (χ1n) is 8.64. The number of rotatable bonds is 3. The Labute approximate surface area is 156 Å². The number of anilines is 1. The molecule has 7 heteroatoms. The van der Waals surface area contributed by atoms with Crippen LogP contribution in [0.25, 0.3) is 16.9 Å². The molecule has 1 amide bonds. The highest BCUT2D eigenvalue weighted by Gasteiger charge is 2.23. The Morgan fingerprint density at radius 1 is 1.19 bits per heavy atom. The van der Waals surface area contributed by atoms with Gasteiger partial charge in [-0.2, -0.15) is 15.0 Å². The molecular weight excluding hydrogens is 342 g/mol. The van der Waals surface area contributed by atoms with E-state index in [-0.39, 0.29) is 11.8 Å². The number of carbonyl (C=O) groups is 1. The van der Waals surface area contributed by atoms with Crippen molar-refractivity contribution in [3.05, 3.63) is 53.9 Å². The normalized spacial score (nSPS) is 13.8. The Morgan fingerprint density at radius 2 is 1.96 bits per heavy atom. The van der Waals surface area contributed by atoms with Gasteiger partial charge in [-0.1, -0.05) is 12.1 Å². The van der Waals surface area contributed by atoms with Gasteiger partial charge in [-0.25, -0.2) is 4.98 Å². The van der Waals surface area contributed by atoms with Crippen LogP contribution in [0.4, 0.5) is 5.69 Å². The largest absolute Gasteiger partial charge is 0.493 e. The summed E-state index contributed by atoms with van der Waals surface area (Å²) in [5.41, 5.74) is 3.32. The maximum absolute atomic E-state index is 11.9. The molecule has 4 rings (SSSR count). The van der Waals surface area contributed by atoms with E-state index in [9.17, 15) is 9.90 Å². The molecule has 2 aromatic heterocycles. The first-order chi connectivity index (χ1) is 13.1. The van der Waals surface area contributed by atoms with Crippen molar-refractivity contribution in [1.82, 2.24) is 14.8 Å². The van der Waals surface area contributed by atoms with E-state index < -0.39 is 0 Å². The smallest absolute Gasteiger partial charge is 0.227 e. The van der Waals surface area contributed by atoms with Gasteiger partial charge in [-0.05, 0) is 43.2 Å². The number of pyridine rings is 1. The summed E-state index contributed by atoms with van der Waals surface area (Å²) in [6.07, 6.45) is 3.04. The zero-order valence-corrected chi connectivity index (χ0v) is 14.8. The first-order valence-corrected chi connectivity index (χ1v) is 8.64. The van der Waals surface area contributed by atoms with Crippen LogP contribution in [0.2, 0.25) is 0 Å². The molecule has 7 nitrogen and oxygen atoms in total. The van der Waals surface area contributed by atoms with Gasteiger partial charge in [0, 0.05) is 13.0 Å². The maximum Gasteiger partial charge on any atom is 0.227 e. The van der Waals surface area contributed by atoms with E-state index in [1.54, 1.807) is 48.4 Å². The molecule has 134 valence electrons. The van der Waals surface area contributed by atoms with Crippen LogP contribution in [-0.4, -0.2) is 32.3 Å². The summed E-state index contributed by atoms with van der Waals surface area (Å²) in [6, 6.07) is 12.6. The van der Waals surface area contributed by atoms with Gasteiger partial charge in [0.25, 0.3) is 0 Å². The minimum absolute atomic E-state index is 0.0188. The molecule has 0 spiro atoms. The lowest BCUT2D eigenvalue weighted by atomic mass is 10.0. The summed E-state index contributed by atoms with van der Waals surface area (Å²) in [5, 5.41) is 24.0. The average Bonchev–Trinajstić information content (AvgIpc) is 3.25. The van der Waals surface area contributed by atoms with E-state index >= 15 is 0 Å². The molecular formula is C20H17N5O2. The van der Waals surface area contributed by atoms with Gasteiger partial charge in [0.1, 0.15) is 0 Å². The molecule has 1 aliphatic heterocycles. The monoisotopic (exact) mass is 359 g/mol. The molecule has 0 unspecified atom stereocenters. The fourth-order valence-electron chi connectivity index (χ4n) is 3.31. The Morgan fingerprint density at radius 3 is 2.56 bits per heavy atom. The van der Waals surface area contributed by atoms with Gasteiger partial charge in [0.05, 0.1) is 34.8 Å². The lowest BCUT2D eigenvalue weighted by Gasteiger charge is -2.15. The molecule has 27 heavy (non-hydrogen) atoms. The van der Waals surface area contributed by atoms with Crippen LogP contribution in [0.5, 0.6) is 5.88 Å². The average molecular weight is 359 g/mol. The van der Waals surface area contributed by atoms with Crippen molar-refractivity contribution in [2.75, 3.05) is 11.4 Å². The molecule has 3 heterocycles. The van der Waals surface area contributed by atoms with Crippen molar-refractivity contribution in [1.29, 1.82) is 5.26 Å². The standard InChI is InChI=1S/C20H17N5O2/c1-13-19(15-6-4-14(11-21)5-7-15)20(27)25(23-13)17-9-8-16(12-22-17)24-10-2-3-18(24)26/h4-9,12,27H,2-3,10H2,1H3. The van der Waals surface area contributed by atoms with Crippen LogP contribution in [0.3, 0.4) is 0 Å². The van der Waals surface area contributed by atoms with E-state index in [1.807, 2.05) is 6.07 Å². The Hall–Kier alpha value is -3.66. The van der Waals surface area contributed by atoms with Crippen molar-refractivity contribution in [3.63, 3.8) is 0 Å². The number of amides is 1. The SMILES string of the molecule is Cc1nn(-c2ccc(N3CCCC3=O)cn2)c(O)c1-c1ccc(C#N)cc1. The first kappa shape index (κ1) is 16.8. The van der Waals surface area contributed by atoms with Crippen LogP contribution >= 0.6 is 0 Å². The third-order valence-electron chi connectivity index (χ3n) is 4.67. The van der Waals surface area contributed by atoms with Crippen LogP contribution < -0.4 is 4.90 Å². The number of carbonyl (C=O) groups excluding carboxylic acids is 1. The quantitative estimate of drug-likeness (QED) is 0.776. The second kappa shape index (κ2) is 6.57. The van der Waals surface area contributed by atoms with Crippen molar-refractivity contribution < 1.29 is 9.90 Å². The molecule has 1 aliphatic rings. The number of aromatic hydroxyl groups is 1. The zero-order valence-electron chi connectivity index (χ0n) is 14.8. The molecule has 0 atom stereocenters. The minimum atomic E-state index is -0.0188. The fraction of sp³-hybridized carbons (Fsp3) is 0.200. The van der Waals surface area contributed by atoms with Gasteiger partial charge >= 0.3 is 0 Å². The lowest BCUT2D eigenvalue weighted by molar-refractivity contribution is -0.117. The molecule has 1 N–H and O–H groups in total. The number of nitrogens with zero attached hydrogens (tertiary/aromatic N) is 5. The van der Waals surface area contributed by atoms with Crippen LogP contribution in [-0.2, 0) is 4.79 Å². The van der Waals surface area contributed by atoms with Gasteiger partial charge < -0.3 is 10.0 Å². The number of aromatic nitrogens is 3. The topological polar surface area (TPSA) is 95.0 Å². The molecule has 1 saturated heterocycles. The molecule has 0 saturated carbocycles. The van der Waals surface area contributed by atoms with E-state index in [4.69, 9.17) is 5.26 Å². The second-order valence-corrected chi connectivity index (χ2v) is 6.41. The number of hydrogen-bond donors (Lipinski definition) is 1. The summed E-state index contributed by atoms with van der Waals surface area (Å²) in [5.74, 6) is 0.547. The van der Waals surface area contributed by atoms with E-state index in [2.05, 4.69) is 16.2 Å². The van der Waals surface area contributed by atoms with Crippen molar-refractivity contribution in [2.45, 2.75) is 19.8 Å². The van der Waals surface area contributed by atoms with E-state index in [0.29, 0.717) is 35.6 Å². The van der Waals surface area contributed by atoms with E-state index in [0.717, 1.165) is 17.7 Å². The number of nitriles is 1. The molecule has 1 aromatic carbocycles. The van der Waals surface area contributed by atoms with Crippen molar-refractivity contribution in [2.24, 2.45) is 0 Å². The molecule has 3 aromatic rings. The molecule has 1 fully saturated rings. The van der Waals surface area contributed by atoms with Crippen LogP contribution in [0.15, 0.2) is 42.6 Å². The third kappa shape index (κ3) is 2.91. The number of benzene rings is 1. The summed E-state index contributed by atoms with van der Waals surface area (Å²) >= 11 is 0. The summed E-state index contributed by atoms with van der Waals surface area (Å²) < 4.78 is 1.37. The summed E-state index contributed by atoms with van der Waals surface area (Å²) in [7, 11) is 0. The molecule has 0 aliphatic carbocycles. The fourth-order valence-corrected chi connectivity index (χ4v) is 3.31. The van der Waals surface area contributed by atoms with Gasteiger partial charge in [-0.15, -0.1) is 0 Å². The van der Waals surface area contributed by atoms with Crippen molar-refractivity contribution in [3.8, 4) is 28.9 Å². The van der Waals surface area contributed by atoms with E-state index in [1.165, 1.54) is 4.68 Å². The van der Waals surface area contributed by atoms with Crippen LogP contribution in [0.1, 0.15) is 24.1 Å². The summed E-state index contributed by atoms with van der Waals surface area (Å²) in [6.45, 7) is 2.51. The Balaban J connectivity index is 1.68. The highest BCUT2D eigenvalue weighted by atomic mass is 16.3. The lowest BCUT2D eigenvalue weighted by Crippen LogP contribution is -2.23. The maximum atomic E-state index is 11.9. The third-order valence-corrected chi connectivity index (χ3v) is 4.67. The molecule has 0 radical (unpaired) electrons. The van der Waals surface area contributed by atoms with Gasteiger partial charge in [0.15, 0.2) is 5.82 Å². The number of aryl methyl sites for hydroxylation is 1. The zero-order chi connectivity index (χ0) is 19.0. The Bertz CT molecular complexity index is 1050. The number of hydrogen-bond acceptors (Lipinski definition) is 5. The highest BCUT2D eigenvalue weighted by molar-refractivity contribution is 5.95. The highest BCUT2D eigenvalue weighted by Crippen LogP contribution is 2.34. The minimum Gasteiger partial charge on any atom is -0.493 e. The van der Waals surface area contributed by atoms with Crippen molar-refractivity contribution >= 4 is 11.6 Å². The predicted molar refractivity (Wildman–Crippen MR) is 99.5 cm³/mol.